The largest absolute Gasteiger partial charge is 0.383 e. The number of fused-ring (bicyclic) bond motifs is 1. The molecule has 0 bridgehead atoms. The van der Waals surface area contributed by atoms with E-state index in [4.69, 9.17) is 0 Å². The number of benzene rings is 2. The first-order valence-corrected chi connectivity index (χ1v) is 6.50. The minimum absolute atomic E-state index is 1.02. The van der Waals surface area contributed by atoms with Crippen LogP contribution in [0.1, 0.15) is 11.1 Å². The molecule has 0 aliphatic carbocycles. The fourth-order valence-corrected chi connectivity index (χ4v) is 2.48. The Morgan fingerprint density at radius 1 is 0.944 bits per heavy atom. The van der Waals surface area contributed by atoms with Crippen molar-refractivity contribution in [1.29, 1.82) is 0 Å². The van der Waals surface area contributed by atoms with Gasteiger partial charge in [0.1, 0.15) is 0 Å². The van der Waals surface area contributed by atoms with Gasteiger partial charge in [0.25, 0.3) is 0 Å². The van der Waals surface area contributed by atoms with Crippen LogP contribution in [0.5, 0.6) is 0 Å². The summed E-state index contributed by atoms with van der Waals surface area (Å²) < 4.78 is 0. The van der Waals surface area contributed by atoms with Gasteiger partial charge in [-0.3, -0.25) is 4.90 Å². The molecule has 0 aromatic heterocycles. The molecule has 0 amide bonds. The highest BCUT2D eigenvalue weighted by Crippen LogP contribution is 2.20. The molecule has 2 aromatic carbocycles. The molecule has 1 aliphatic rings. The van der Waals surface area contributed by atoms with Gasteiger partial charge in [-0.2, -0.15) is 0 Å². The zero-order valence-electron chi connectivity index (χ0n) is 10.5. The van der Waals surface area contributed by atoms with Crippen molar-refractivity contribution in [3.63, 3.8) is 0 Å². The summed E-state index contributed by atoms with van der Waals surface area (Å²) in [7, 11) is 0. The van der Waals surface area contributed by atoms with Crippen molar-refractivity contribution in [3.05, 3.63) is 65.7 Å². The summed E-state index contributed by atoms with van der Waals surface area (Å²) in [6, 6.07) is 19.3. The topological polar surface area (TPSA) is 15.3 Å². The highest BCUT2D eigenvalue weighted by atomic mass is 15.1. The van der Waals surface area contributed by atoms with E-state index in [0.29, 0.717) is 0 Å². The predicted octanol–water partition coefficient (Wildman–Crippen LogP) is 3.11. The van der Waals surface area contributed by atoms with E-state index < -0.39 is 0 Å². The van der Waals surface area contributed by atoms with Gasteiger partial charge in [-0.1, -0.05) is 48.5 Å². The van der Waals surface area contributed by atoms with Gasteiger partial charge < -0.3 is 5.32 Å². The van der Waals surface area contributed by atoms with Crippen molar-refractivity contribution in [2.75, 3.05) is 18.4 Å². The van der Waals surface area contributed by atoms with E-state index in [2.05, 4.69) is 64.8 Å². The van der Waals surface area contributed by atoms with Crippen molar-refractivity contribution in [3.8, 4) is 0 Å². The Bertz CT molecular complexity index is 508. The van der Waals surface area contributed by atoms with Crippen molar-refractivity contribution in [2.24, 2.45) is 0 Å². The highest BCUT2D eigenvalue weighted by Gasteiger charge is 2.13. The lowest BCUT2D eigenvalue weighted by molar-refractivity contribution is 0.272. The lowest BCUT2D eigenvalue weighted by atomic mass is 10.1. The van der Waals surface area contributed by atoms with E-state index >= 15 is 0 Å². The minimum Gasteiger partial charge on any atom is -0.383 e. The Kier molecular flexibility index (Phi) is 3.29. The van der Waals surface area contributed by atoms with Crippen LogP contribution in [-0.2, 0) is 13.1 Å². The molecule has 2 aromatic rings. The van der Waals surface area contributed by atoms with Crippen LogP contribution in [0.3, 0.4) is 0 Å². The summed E-state index contributed by atoms with van der Waals surface area (Å²) in [5, 5.41) is 3.50. The molecule has 0 atom stereocenters. The minimum atomic E-state index is 1.02. The molecule has 3 rings (SSSR count). The van der Waals surface area contributed by atoms with Crippen molar-refractivity contribution in [1.82, 2.24) is 4.90 Å². The molecule has 0 spiro atoms. The van der Waals surface area contributed by atoms with Gasteiger partial charge in [0.2, 0.25) is 0 Å². The molecule has 0 fully saturated rings. The van der Waals surface area contributed by atoms with Crippen LogP contribution < -0.4 is 5.32 Å². The lowest BCUT2D eigenvalue weighted by Crippen LogP contribution is -2.25. The van der Waals surface area contributed by atoms with Crippen LogP contribution in [0.25, 0.3) is 0 Å². The Morgan fingerprint density at radius 3 is 2.61 bits per heavy atom. The van der Waals surface area contributed by atoms with Gasteiger partial charge in [0.05, 0.1) is 0 Å². The van der Waals surface area contributed by atoms with Gasteiger partial charge in [-0.25, -0.2) is 0 Å². The molecule has 0 radical (unpaired) electrons. The quantitative estimate of drug-likeness (QED) is 0.864. The van der Waals surface area contributed by atoms with Gasteiger partial charge in [-0.05, 0) is 17.2 Å². The van der Waals surface area contributed by atoms with E-state index in [9.17, 15) is 0 Å². The normalized spacial score (nSPS) is 15.6. The summed E-state index contributed by atoms with van der Waals surface area (Å²) in [5.74, 6) is 0. The average molecular weight is 238 g/mol. The highest BCUT2D eigenvalue weighted by molar-refractivity contribution is 5.51. The molecule has 2 nitrogen and oxygen atoms in total. The zero-order valence-corrected chi connectivity index (χ0v) is 10.5. The summed E-state index contributed by atoms with van der Waals surface area (Å²) in [4.78, 5) is 2.49. The first kappa shape index (κ1) is 11.3. The lowest BCUT2D eigenvalue weighted by Gasteiger charge is -2.19. The number of anilines is 1. The SMILES string of the molecule is c1ccc(CN2CCNc3ccccc3C2)cc1. The monoisotopic (exact) mass is 238 g/mol. The van der Waals surface area contributed by atoms with E-state index in [1.807, 2.05) is 0 Å². The van der Waals surface area contributed by atoms with Crippen molar-refractivity contribution < 1.29 is 0 Å². The number of hydrogen-bond donors (Lipinski definition) is 1. The Morgan fingerprint density at radius 2 is 1.72 bits per heavy atom. The smallest absolute Gasteiger partial charge is 0.0386 e. The van der Waals surface area contributed by atoms with Crippen LogP contribution >= 0.6 is 0 Å². The average Bonchev–Trinajstić information content (AvgIpc) is 2.61. The second-order valence-electron chi connectivity index (χ2n) is 4.78. The third kappa shape index (κ3) is 2.54. The zero-order chi connectivity index (χ0) is 12.2. The van der Waals surface area contributed by atoms with E-state index in [0.717, 1.165) is 26.2 Å². The standard InChI is InChI=1S/C16H18N2/c1-2-6-14(7-3-1)12-18-11-10-17-16-9-5-4-8-15(16)13-18/h1-9,17H,10-13H2. The van der Waals surface area contributed by atoms with Gasteiger partial charge in [-0.15, -0.1) is 0 Å². The van der Waals surface area contributed by atoms with Crippen molar-refractivity contribution in [2.45, 2.75) is 13.1 Å². The number of nitrogens with zero attached hydrogens (tertiary/aromatic N) is 1. The molecule has 2 heteroatoms. The summed E-state index contributed by atoms with van der Waals surface area (Å²) in [6.07, 6.45) is 0. The number of para-hydroxylation sites is 1. The van der Waals surface area contributed by atoms with Crippen LogP contribution in [0, 0.1) is 0 Å². The number of rotatable bonds is 2. The van der Waals surface area contributed by atoms with Crippen LogP contribution in [-0.4, -0.2) is 18.0 Å². The second kappa shape index (κ2) is 5.23. The third-order valence-corrected chi connectivity index (χ3v) is 3.40. The summed E-state index contributed by atoms with van der Waals surface area (Å²) >= 11 is 0. The fourth-order valence-electron chi connectivity index (χ4n) is 2.48. The van der Waals surface area contributed by atoms with Crippen LogP contribution in [0.2, 0.25) is 0 Å². The molecule has 0 unspecified atom stereocenters. The first-order valence-electron chi connectivity index (χ1n) is 6.50. The van der Waals surface area contributed by atoms with Crippen LogP contribution in [0.15, 0.2) is 54.6 Å². The molecule has 1 N–H and O–H groups in total. The van der Waals surface area contributed by atoms with E-state index in [-0.39, 0.29) is 0 Å². The molecule has 92 valence electrons. The predicted molar refractivity (Wildman–Crippen MR) is 75.5 cm³/mol. The molecule has 0 saturated carbocycles. The van der Waals surface area contributed by atoms with E-state index in [1.54, 1.807) is 0 Å². The summed E-state index contributed by atoms with van der Waals surface area (Å²) in [6.45, 7) is 4.16. The van der Waals surface area contributed by atoms with Crippen LogP contribution in [0.4, 0.5) is 5.69 Å². The Labute approximate surface area is 108 Å². The first-order chi connectivity index (χ1) is 8.92. The van der Waals surface area contributed by atoms with Gasteiger partial charge in [0.15, 0.2) is 0 Å². The molecular formula is C16H18N2. The second-order valence-corrected chi connectivity index (χ2v) is 4.78. The van der Waals surface area contributed by atoms with Gasteiger partial charge in [0, 0.05) is 31.9 Å². The molecule has 0 saturated heterocycles. The molecular weight excluding hydrogens is 220 g/mol. The Balaban J connectivity index is 1.75. The fraction of sp³-hybridized carbons (Fsp3) is 0.250. The van der Waals surface area contributed by atoms with Crippen molar-refractivity contribution >= 4 is 5.69 Å². The maximum Gasteiger partial charge on any atom is 0.0386 e. The molecule has 1 heterocycles. The number of nitrogens with one attached hydrogen (secondary N) is 1. The Hall–Kier alpha value is -1.80. The summed E-state index contributed by atoms with van der Waals surface area (Å²) in [5.41, 5.74) is 4.07. The molecule has 1 aliphatic heterocycles. The maximum absolute atomic E-state index is 3.50. The van der Waals surface area contributed by atoms with Gasteiger partial charge >= 0.3 is 0 Å². The molecule has 18 heavy (non-hydrogen) atoms. The maximum atomic E-state index is 3.50. The number of hydrogen-bond acceptors (Lipinski definition) is 2. The third-order valence-electron chi connectivity index (χ3n) is 3.40. The van der Waals surface area contributed by atoms with E-state index in [1.165, 1.54) is 16.8 Å².